The van der Waals surface area contributed by atoms with Gasteiger partial charge in [-0.2, -0.15) is 8.78 Å². The molecule has 10 heteroatoms. The minimum atomic E-state index is -3.21. The fraction of sp³-hybridized carbons (Fsp3) is 0.391. The smallest absolute Gasteiger partial charge is 0.387 e. The van der Waals surface area contributed by atoms with Crippen LogP contribution in [0.3, 0.4) is 0 Å². The van der Waals surface area contributed by atoms with Crippen LogP contribution in [0.5, 0.6) is 5.75 Å². The largest absolute Gasteiger partial charge is 0.435 e. The summed E-state index contributed by atoms with van der Waals surface area (Å²) in [6, 6.07) is 10.2. The minimum Gasteiger partial charge on any atom is -0.435 e. The van der Waals surface area contributed by atoms with Gasteiger partial charge in [0.15, 0.2) is 9.84 Å². The first-order valence-electron chi connectivity index (χ1n) is 10.5. The van der Waals surface area contributed by atoms with Crippen molar-refractivity contribution in [2.45, 2.75) is 50.5 Å². The molecule has 2 heterocycles. The van der Waals surface area contributed by atoms with Gasteiger partial charge in [0.05, 0.1) is 27.8 Å². The zero-order valence-corrected chi connectivity index (χ0v) is 19.2. The first-order valence-corrected chi connectivity index (χ1v) is 12.2. The molecule has 0 bridgehead atoms. The van der Waals surface area contributed by atoms with Gasteiger partial charge in [0.1, 0.15) is 5.75 Å². The number of anilines is 2. The third-order valence-electron chi connectivity index (χ3n) is 6.21. The molecule has 0 aliphatic carbocycles. The van der Waals surface area contributed by atoms with Crippen LogP contribution in [0, 0.1) is 0 Å². The second kappa shape index (κ2) is 8.09. The third-order valence-corrected chi connectivity index (χ3v) is 8.50. The monoisotopic (exact) mass is 478 g/mol. The number of nitrogens with one attached hydrogen (secondary N) is 1. The Labute approximate surface area is 190 Å². The van der Waals surface area contributed by atoms with Crippen LogP contribution in [0.25, 0.3) is 0 Å². The van der Waals surface area contributed by atoms with Gasteiger partial charge in [-0.25, -0.2) is 8.42 Å². The maximum absolute atomic E-state index is 13.3. The molecule has 2 aliphatic rings. The maximum Gasteiger partial charge on any atom is 0.387 e. The number of carbonyl (C=O) groups excluding carboxylic acids is 2. The summed E-state index contributed by atoms with van der Waals surface area (Å²) in [6.07, 6.45) is 0.355. The van der Waals surface area contributed by atoms with E-state index < -0.39 is 39.1 Å². The van der Waals surface area contributed by atoms with E-state index in [2.05, 4.69) is 10.1 Å². The van der Waals surface area contributed by atoms with Gasteiger partial charge in [-0.15, -0.1) is 0 Å². The minimum absolute atomic E-state index is 0.0710. The van der Waals surface area contributed by atoms with E-state index in [1.165, 1.54) is 23.1 Å². The Balaban J connectivity index is 1.64. The number of benzene rings is 2. The van der Waals surface area contributed by atoms with Crippen LogP contribution in [-0.4, -0.2) is 43.9 Å². The lowest BCUT2D eigenvalue weighted by atomic mass is 9.85. The van der Waals surface area contributed by atoms with E-state index in [0.717, 1.165) is 0 Å². The molecular weight excluding hydrogens is 454 g/mol. The number of halogens is 2. The highest BCUT2D eigenvalue weighted by atomic mass is 32.2. The lowest BCUT2D eigenvalue weighted by molar-refractivity contribution is -0.121. The fourth-order valence-corrected chi connectivity index (χ4v) is 6.00. The third kappa shape index (κ3) is 4.19. The lowest BCUT2D eigenvalue weighted by Crippen LogP contribution is -2.35. The van der Waals surface area contributed by atoms with Crippen molar-refractivity contribution < 1.29 is 31.5 Å². The number of amides is 2. The van der Waals surface area contributed by atoms with Gasteiger partial charge < -0.3 is 10.1 Å². The topological polar surface area (TPSA) is 92.8 Å². The van der Waals surface area contributed by atoms with Gasteiger partial charge in [0.25, 0.3) is 5.91 Å². The zero-order valence-electron chi connectivity index (χ0n) is 18.3. The molecule has 2 amide bonds. The highest BCUT2D eigenvalue weighted by Gasteiger charge is 2.45. The molecule has 0 aromatic heterocycles. The predicted molar refractivity (Wildman–Crippen MR) is 119 cm³/mol. The van der Waals surface area contributed by atoms with E-state index in [4.69, 9.17) is 0 Å². The Hall–Kier alpha value is -3.01. The summed E-state index contributed by atoms with van der Waals surface area (Å²) >= 11 is 0. The summed E-state index contributed by atoms with van der Waals surface area (Å²) in [7, 11) is -3.21. The average molecular weight is 479 g/mol. The van der Waals surface area contributed by atoms with Crippen LogP contribution >= 0.6 is 0 Å². The van der Waals surface area contributed by atoms with Gasteiger partial charge in [0, 0.05) is 17.7 Å². The van der Waals surface area contributed by atoms with Gasteiger partial charge in [-0.05, 0) is 63.1 Å². The lowest BCUT2D eigenvalue weighted by Gasteiger charge is -2.21. The van der Waals surface area contributed by atoms with E-state index in [1.807, 2.05) is 0 Å². The molecule has 1 N–H and O–H groups in total. The number of hydrogen-bond donors (Lipinski definition) is 1. The highest BCUT2D eigenvalue weighted by molar-refractivity contribution is 7.92. The van der Waals surface area contributed by atoms with Crippen molar-refractivity contribution in [2.24, 2.45) is 0 Å². The summed E-state index contributed by atoms with van der Waals surface area (Å²) in [6.45, 7) is 2.08. The first-order chi connectivity index (χ1) is 15.4. The number of alkyl halides is 2. The molecule has 2 aliphatic heterocycles. The van der Waals surface area contributed by atoms with E-state index in [9.17, 15) is 26.8 Å². The van der Waals surface area contributed by atoms with Crippen LogP contribution in [0.1, 0.15) is 43.1 Å². The first kappa shape index (κ1) is 23.2. The Bertz CT molecular complexity index is 1230. The van der Waals surface area contributed by atoms with Crippen LogP contribution < -0.4 is 15.0 Å². The fourth-order valence-electron chi connectivity index (χ4n) is 4.36. The number of hydrogen-bond acceptors (Lipinski definition) is 5. The Kier molecular flexibility index (Phi) is 5.68. The second-order valence-corrected chi connectivity index (χ2v) is 11.4. The van der Waals surface area contributed by atoms with Crippen molar-refractivity contribution in [1.29, 1.82) is 0 Å². The number of ether oxygens (including phenoxy) is 1. The molecule has 2 atom stereocenters. The number of rotatable bonds is 5. The Morgan fingerprint density at radius 3 is 2.58 bits per heavy atom. The molecule has 4 rings (SSSR count). The predicted octanol–water partition coefficient (Wildman–Crippen LogP) is 3.55. The molecule has 0 spiro atoms. The summed E-state index contributed by atoms with van der Waals surface area (Å²) in [5.41, 5.74) is 0.840. The van der Waals surface area contributed by atoms with Gasteiger partial charge in [-0.1, -0.05) is 6.07 Å². The van der Waals surface area contributed by atoms with Gasteiger partial charge in [-0.3, -0.25) is 14.5 Å². The van der Waals surface area contributed by atoms with Gasteiger partial charge >= 0.3 is 6.61 Å². The summed E-state index contributed by atoms with van der Waals surface area (Å²) in [4.78, 5) is 27.5. The van der Waals surface area contributed by atoms with Crippen molar-refractivity contribution >= 4 is 33.0 Å². The quantitative estimate of drug-likeness (QED) is 0.710. The molecule has 2 aromatic carbocycles. The van der Waals surface area contributed by atoms with Crippen LogP contribution in [0.2, 0.25) is 0 Å². The molecular formula is C23H24F2N2O5S. The molecule has 33 heavy (non-hydrogen) atoms. The molecule has 176 valence electrons. The highest BCUT2D eigenvalue weighted by Crippen LogP contribution is 2.46. The number of sulfone groups is 1. The molecule has 0 unspecified atom stereocenters. The zero-order chi connectivity index (χ0) is 24.1. The summed E-state index contributed by atoms with van der Waals surface area (Å²) < 4.78 is 53.7. The maximum atomic E-state index is 13.3. The van der Waals surface area contributed by atoms with E-state index in [-0.39, 0.29) is 17.4 Å². The summed E-state index contributed by atoms with van der Waals surface area (Å²) in [5, 5.41) is 2.27. The van der Waals surface area contributed by atoms with Crippen LogP contribution in [-0.2, 0) is 20.0 Å². The molecule has 2 aromatic rings. The van der Waals surface area contributed by atoms with Crippen molar-refractivity contribution in [3.05, 3.63) is 53.6 Å². The van der Waals surface area contributed by atoms with Crippen molar-refractivity contribution in [2.75, 3.05) is 10.7 Å². The standard InChI is InChI=1S/C23H24F2N2O5S/c1-13-9-15(12-33(13,30)31)26-20(28)14-7-8-19-18(10-14)23(2,3)21(29)27(19)16-5-4-6-17(11-16)32-22(24)25/h4-8,10-11,13,15,22H,9,12H2,1-3H3,(H,26,28)/t13-,15+/m0/s1. The SMILES string of the molecule is C[C@H]1C[C@@H](NC(=O)c2ccc3c(c2)C(C)(C)C(=O)N3c2cccc(OC(F)F)c2)CS1(=O)=O. The molecule has 0 saturated carbocycles. The van der Waals surface area contributed by atoms with Crippen LogP contribution in [0.15, 0.2) is 42.5 Å². The van der Waals surface area contributed by atoms with E-state index >= 15 is 0 Å². The molecule has 7 nitrogen and oxygen atoms in total. The van der Waals surface area contributed by atoms with Gasteiger partial charge in [0.2, 0.25) is 5.91 Å². The van der Waals surface area contributed by atoms with Crippen molar-refractivity contribution in [3.63, 3.8) is 0 Å². The molecule has 0 radical (unpaired) electrons. The van der Waals surface area contributed by atoms with Crippen LogP contribution in [0.4, 0.5) is 20.2 Å². The van der Waals surface area contributed by atoms with Crippen molar-refractivity contribution in [1.82, 2.24) is 5.32 Å². The Morgan fingerprint density at radius 1 is 1.21 bits per heavy atom. The number of fused-ring (bicyclic) bond motifs is 1. The van der Waals surface area contributed by atoms with E-state index in [0.29, 0.717) is 28.9 Å². The number of carbonyl (C=O) groups is 2. The van der Waals surface area contributed by atoms with Crippen molar-refractivity contribution in [3.8, 4) is 5.75 Å². The normalized spacial score (nSPS) is 23.0. The number of nitrogens with zero attached hydrogens (tertiary/aromatic N) is 1. The molecule has 1 fully saturated rings. The van der Waals surface area contributed by atoms with E-state index in [1.54, 1.807) is 45.0 Å². The second-order valence-electron chi connectivity index (χ2n) is 8.92. The Morgan fingerprint density at radius 2 is 1.94 bits per heavy atom. The summed E-state index contributed by atoms with van der Waals surface area (Å²) in [5.74, 6) is -0.862. The average Bonchev–Trinajstić information content (AvgIpc) is 3.09. The molecule has 1 saturated heterocycles.